The number of rotatable bonds is 2. The lowest BCUT2D eigenvalue weighted by Gasteiger charge is -2.14. The molecule has 15 heavy (non-hydrogen) atoms. The maximum absolute atomic E-state index is 11.1. The third kappa shape index (κ3) is 2.56. The summed E-state index contributed by atoms with van der Waals surface area (Å²) in [6, 6.07) is 6.66. The second-order valence-electron chi connectivity index (χ2n) is 3.12. The fourth-order valence-electron chi connectivity index (χ4n) is 1.12. The molecule has 0 heterocycles. The number of benzene rings is 1. The van der Waals surface area contributed by atoms with Gasteiger partial charge in [0.15, 0.2) is 0 Å². The summed E-state index contributed by atoms with van der Waals surface area (Å²) in [7, 11) is 3.01. The van der Waals surface area contributed by atoms with Gasteiger partial charge in [0, 0.05) is 19.7 Å². The molecule has 0 radical (unpaired) electrons. The highest BCUT2D eigenvalue weighted by Gasteiger charge is 2.08. The van der Waals surface area contributed by atoms with Gasteiger partial charge < -0.3 is 9.64 Å². The number of ether oxygens (including phenoxy) is 1. The van der Waals surface area contributed by atoms with Crippen LogP contribution in [0.5, 0.6) is 0 Å². The Morgan fingerprint density at radius 1 is 1.20 bits per heavy atom. The maximum Gasteiger partial charge on any atom is 0.337 e. The van der Waals surface area contributed by atoms with Crippen LogP contribution in [0, 0.1) is 0 Å². The molecule has 0 atom stereocenters. The van der Waals surface area contributed by atoms with E-state index in [4.69, 9.17) is 0 Å². The first-order chi connectivity index (χ1) is 7.06. The Morgan fingerprint density at radius 2 is 1.73 bits per heavy atom. The van der Waals surface area contributed by atoms with Gasteiger partial charge >= 0.3 is 5.97 Å². The molecule has 4 heteroatoms. The Morgan fingerprint density at radius 3 is 2.13 bits per heavy atom. The standard InChI is InChI=1S/C11H13NO3/c1-8(13)12(2)10-6-4-9(5-7-10)11(14)15-3/h4-7H,1-3H3. The number of nitrogens with zero attached hydrogens (tertiary/aromatic N) is 1. The second-order valence-corrected chi connectivity index (χ2v) is 3.12. The first-order valence-electron chi connectivity index (χ1n) is 4.49. The SMILES string of the molecule is COC(=O)c1ccc(N(C)C(C)=O)cc1. The summed E-state index contributed by atoms with van der Waals surface area (Å²) in [5.41, 5.74) is 1.22. The van der Waals surface area contributed by atoms with Gasteiger partial charge in [-0.2, -0.15) is 0 Å². The number of amides is 1. The van der Waals surface area contributed by atoms with Crippen molar-refractivity contribution in [3.05, 3.63) is 29.8 Å². The van der Waals surface area contributed by atoms with Gasteiger partial charge in [0.1, 0.15) is 0 Å². The van der Waals surface area contributed by atoms with Crippen LogP contribution in [0.3, 0.4) is 0 Å². The Balaban J connectivity index is 2.90. The monoisotopic (exact) mass is 207 g/mol. The van der Waals surface area contributed by atoms with Crippen molar-refractivity contribution in [2.45, 2.75) is 6.92 Å². The Kier molecular flexibility index (Phi) is 3.44. The van der Waals surface area contributed by atoms with Crippen LogP contribution >= 0.6 is 0 Å². The molecule has 80 valence electrons. The highest BCUT2D eigenvalue weighted by atomic mass is 16.5. The molecular weight excluding hydrogens is 194 g/mol. The fraction of sp³-hybridized carbons (Fsp3) is 0.273. The lowest BCUT2D eigenvalue weighted by atomic mass is 10.2. The molecule has 0 unspecified atom stereocenters. The normalized spacial score (nSPS) is 9.53. The summed E-state index contributed by atoms with van der Waals surface area (Å²) in [4.78, 5) is 23.7. The molecule has 4 nitrogen and oxygen atoms in total. The third-order valence-electron chi connectivity index (χ3n) is 2.15. The number of methoxy groups -OCH3 is 1. The zero-order chi connectivity index (χ0) is 11.4. The van der Waals surface area contributed by atoms with Crippen molar-refractivity contribution < 1.29 is 14.3 Å². The molecule has 0 aliphatic heterocycles. The smallest absolute Gasteiger partial charge is 0.337 e. The zero-order valence-electron chi connectivity index (χ0n) is 8.98. The maximum atomic E-state index is 11.1. The number of esters is 1. The molecule has 0 saturated carbocycles. The van der Waals surface area contributed by atoms with E-state index in [9.17, 15) is 9.59 Å². The van der Waals surface area contributed by atoms with Crippen LogP contribution in [0.4, 0.5) is 5.69 Å². The van der Waals surface area contributed by atoms with E-state index in [0.717, 1.165) is 5.69 Å². The molecule has 0 aromatic heterocycles. The molecule has 0 saturated heterocycles. The first kappa shape index (κ1) is 11.2. The number of carbonyl (C=O) groups excluding carboxylic acids is 2. The average molecular weight is 207 g/mol. The van der Waals surface area contributed by atoms with Crippen LogP contribution in [0.1, 0.15) is 17.3 Å². The van der Waals surface area contributed by atoms with E-state index in [-0.39, 0.29) is 11.9 Å². The Hall–Kier alpha value is -1.84. The average Bonchev–Trinajstić information content (AvgIpc) is 2.27. The number of hydrogen-bond acceptors (Lipinski definition) is 3. The zero-order valence-corrected chi connectivity index (χ0v) is 8.98. The molecule has 0 N–H and O–H groups in total. The molecular formula is C11H13NO3. The molecule has 1 aromatic rings. The third-order valence-corrected chi connectivity index (χ3v) is 2.15. The van der Waals surface area contributed by atoms with Gasteiger partial charge in [0.25, 0.3) is 0 Å². The molecule has 1 rings (SSSR count). The Labute approximate surface area is 88.5 Å². The van der Waals surface area contributed by atoms with E-state index in [2.05, 4.69) is 4.74 Å². The van der Waals surface area contributed by atoms with Gasteiger partial charge in [0.05, 0.1) is 12.7 Å². The first-order valence-corrected chi connectivity index (χ1v) is 4.49. The minimum absolute atomic E-state index is 0.0548. The molecule has 0 fully saturated rings. The lowest BCUT2D eigenvalue weighted by molar-refractivity contribution is -0.116. The molecule has 0 bridgehead atoms. The van der Waals surface area contributed by atoms with Gasteiger partial charge in [-0.1, -0.05) is 0 Å². The van der Waals surface area contributed by atoms with Gasteiger partial charge in [0.2, 0.25) is 5.91 Å². The summed E-state index contributed by atoms with van der Waals surface area (Å²) in [6.07, 6.45) is 0. The minimum Gasteiger partial charge on any atom is -0.465 e. The van der Waals surface area contributed by atoms with Crippen molar-refractivity contribution in [3.8, 4) is 0 Å². The number of anilines is 1. The van der Waals surface area contributed by atoms with Gasteiger partial charge in [-0.05, 0) is 24.3 Å². The van der Waals surface area contributed by atoms with Crippen molar-refractivity contribution in [2.75, 3.05) is 19.1 Å². The fourth-order valence-corrected chi connectivity index (χ4v) is 1.12. The van der Waals surface area contributed by atoms with Crippen LogP contribution < -0.4 is 4.90 Å². The largest absolute Gasteiger partial charge is 0.465 e. The highest BCUT2D eigenvalue weighted by Crippen LogP contribution is 2.14. The van der Waals surface area contributed by atoms with Gasteiger partial charge in [-0.3, -0.25) is 4.79 Å². The van der Waals surface area contributed by atoms with E-state index in [1.807, 2.05) is 0 Å². The topological polar surface area (TPSA) is 46.6 Å². The van der Waals surface area contributed by atoms with Gasteiger partial charge in [-0.15, -0.1) is 0 Å². The molecule has 0 aliphatic carbocycles. The van der Waals surface area contributed by atoms with E-state index in [0.29, 0.717) is 5.56 Å². The predicted molar refractivity (Wildman–Crippen MR) is 56.9 cm³/mol. The van der Waals surface area contributed by atoms with E-state index in [1.54, 1.807) is 31.3 Å². The molecule has 1 aromatic carbocycles. The van der Waals surface area contributed by atoms with E-state index >= 15 is 0 Å². The predicted octanol–water partition coefficient (Wildman–Crippen LogP) is 1.46. The lowest BCUT2D eigenvalue weighted by Crippen LogP contribution is -2.22. The number of hydrogen-bond donors (Lipinski definition) is 0. The second kappa shape index (κ2) is 4.59. The molecule has 0 spiro atoms. The van der Waals surface area contributed by atoms with Crippen LogP contribution in [0.25, 0.3) is 0 Å². The minimum atomic E-state index is -0.382. The van der Waals surface area contributed by atoms with Crippen molar-refractivity contribution in [1.29, 1.82) is 0 Å². The van der Waals surface area contributed by atoms with Crippen molar-refractivity contribution in [2.24, 2.45) is 0 Å². The summed E-state index contributed by atoms with van der Waals surface area (Å²) in [5, 5.41) is 0. The quantitative estimate of drug-likeness (QED) is 0.690. The van der Waals surface area contributed by atoms with Crippen molar-refractivity contribution in [3.63, 3.8) is 0 Å². The van der Waals surface area contributed by atoms with Crippen LogP contribution in [-0.4, -0.2) is 26.0 Å². The summed E-state index contributed by atoms with van der Waals surface area (Å²) in [6.45, 7) is 1.48. The molecule has 0 aliphatic rings. The van der Waals surface area contributed by atoms with Gasteiger partial charge in [-0.25, -0.2) is 4.79 Å². The summed E-state index contributed by atoms with van der Waals surface area (Å²) in [5.74, 6) is -0.437. The van der Waals surface area contributed by atoms with Crippen LogP contribution in [0.15, 0.2) is 24.3 Å². The van der Waals surface area contributed by atoms with Crippen molar-refractivity contribution >= 4 is 17.6 Å². The van der Waals surface area contributed by atoms with E-state index < -0.39 is 0 Å². The van der Waals surface area contributed by atoms with E-state index in [1.165, 1.54) is 18.9 Å². The number of carbonyl (C=O) groups is 2. The van der Waals surface area contributed by atoms with Crippen molar-refractivity contribution in [1.82, 2.24) is 0 Å². The van der Waals surface area contributed by atoms with Crippen LogP contribution in [-0.2, 0) is 9.53 Å². The van der Waals surface area contributed by atoms with Crippen LogP contribution in [0.2, 0.25) is 0 Å². The summed E-state index contributed by atoms with van der Waals surface area (Å²) < 4.78 is 4.56. The molecule has 1 amide bonds. The highest BCUT2D eigenvalue weighted by molar-refractivity contribution is 5.93. The Bertz CT molecular complexity index is 370. The summed E-state index contributed by atoms with van der Waals surface area (Å²) >= 11 is 0.